The van der Waals surface area contributed by atoms with E-state index < -0.39 is 11.8 Å². The van der Waals surface area contributed by atoms with Gasteiger partial charge in [0, 0.05) is 17.6 Å². The van der Waals surface area contributed by atoms with Gasteiger partial charge in [0.2, 0.25) is 5.91 Å². The molecule has 8 nitrogen and oxygen atoms in total. The molecule has 1 aromatic heterocycles. The highest BCUT2D eigenvalue weighted by Gasteiger charge is 2.13. The van der Waals surface area contributed by atoms with E-state index in [1.54, 1.807) is 37.4 Å². The van der Waals surface area contributed by atoms with Gasteiger partial charge in [-0.3, -0.25) is 19.4 Å². The third kappa shape index (κ3) is 6.69. The van der Waals surface area contributed by atoms with Crippen LogP contribution in [-0.2, 0) is 20.8 Å². The van der Waals surface area contributed by atoms with Crippen molar-refractivity contribution in [3.05, 3.63) is 54.4 Å². The Kier molecular flexibility index (Phi) is 7.18. The summed E-state index contributed by atoms with van der Waals surface area (Å²) in [5.74, 6) is -2.06. The lowest BCUT2D eigenvalue weighted by Gasteiger charge is -2.06. The predicted octanol–water partition coefficient (Wildman–Crippen LogP) is 2.10. The molecule has 0 aliphatic carbocycles. The molecule has 2 aromatic rings. The summed E-state index contributed by atoms with van der Waals surface area (Å²) in [6, 6.07) is 10.6. The van der Waals surface area contributed by atoms with E-state index in [-0.39, 0.29) is 12.3 Å². The summed E-state index contributed by atoms with van der Waals surface area (Å²) in [5.41, 5.74) is 4.70. The molecular weight excluding hydrogens is 346 g/mol. The van der Waals surface area contributed by atoms with Crippen molar-refractivity contribution in [2.45, 2.75) is 26.7 Å². The Morgan fingerprint density at radius 3 is 2.37 bits per heavy atom. The van der Waals surface area contributed by atoms with E-state index in [4.69, 9.17) is 0 Å². The highest BCUT2D eigenvalue weighted by molar-refractivity contribution is 6.39. The molecule has 0 aliphatic rings. The Morgan fingerprint density at radius 2 is 1.74 bits per heavy atom. The number of hydrogen-bond donors (Lipinski definition) is 3. The number of benzene rings is 1. The lowest BCUT2D eigenvalue weighted by Crippen LogP contribution is -2.33. The molecule has 27 heavy (non-hydrogen) atoms. The van der Waals surface area contributed by atoms with Gasteiger partial charge in [-0.1, -0.05) is 19.1 Å². The molecule has 1 aromatic carbocycles. The number of nitrogens with zero attached hydrogens (tertiary/aromatic N) is 2. The van der Waals surface area contributed by atoms with Crippen molar-refractivity contribution in [3.63, 3.8) is 0 Å². The van der Waals surface area contributed by atoms with Gasteiger partial charge in [0.1, 0.15) is 0 Å². The molecule has 0 saturated carbocycles. The number of carbonyl (C=O) groups excluding carboxylic acids is 3. The van der Waals surface area contributed by atoms with Gasteiger partial charge in [-0.15, -0.1) is 0 Å². The van der Waals surface area contributed by atoms with Gasteiger partial charge in [-0.2, -0.15) is 5.10 Å². The number of amides is 3. The number of aryl methyl sites for hydroxylation is 1. The molecule has 3 N–H and O–H groups in total. The fourth-order valence-electron chi connectivity index (χ4n) is 2.12. The van der Waals surface area contributed by atoms with E-state index in [0.29, 0.717) is 17.1 Å². The van der Waals surface area contributed by atoms with Crippen LogP contribution in [0.25, 0.3) is 0 Å². The number of anilines is 2. The van der Waals surface area contributed by atoms with E-state index >= 15 is 0 Å². The Morgan fingerprint density at radius 1 is 1.00 bits per heavy atom. The van der Waals surface area contributed by atoms with Crippen molar-refractivity contribution in [3.8, 4) is 0 Å². The highest BCUT2D eigenvalue weighted by atomic mass is 16.2. The van der Waals surface area contributed by atoms with Crippen LogP contribution in [0.1, 0.15) is 25.8 Å². The number of carbonyl (C=O) groups is 3. The molecule has 0 saturated heterocycles. The number of rotatable bonds is 6. The van der Waals surface area contributed by atoms with Crippen molar-refractivity contribution < 1.29 is 14.4 Å². The Bertz CT molecular complexity index is 832. The van der Waals surface area contributed by atoms with Gasteiger partial charge in [0.15, 0.2) is 0 Å². The van der Waals surface area contributed by atoms with E-state index in [9.17, 15) is 14.4 Å². The van der Waals surface area contributed by atoms with Crippen LogP contribution >= 0.6 is 0 Å². The molecule has 0 spiro atoms. The smallest absolute Gasteiger partial charge is 0.324 e. The maximum absolute atomic E-state index is 11.9. The molecule has 2 rings (SSSR count). The van der Waals surface area contributed by atoms with Gasteiger partial charge in [0.25, 0.3) is 0 Å². The van der Waals surface area contributed by atoms with E-state index in [1.165, 1.54) is 6.20 Å². The van der Waals surface area contributed by atoms with Gasteiger partial charge in [0.05, 0.1) is 18.3 Å². The Hall–Kier alpha value is -3.55. The normalized spacial score (nSPS) is 10.8. The van der Waals surface area contributed by atoms with Crippen molar-refractivity contribution in [1.29, 1.82) is 0 Å². The minimum Gasteiger partial charge on any atom is -0.324 e. The minimum atomic E-state index is -0.915. The first kappa shape index (κ1) is 19.8. The average Bonchev–Trinajstić information content (AvgIpc) is 2.67. The molecule has 8 heteroatoms. The second-order valence-corrected chi connectivity index (χ2v) is 5.76. The maximum Gasteiger partial charge on any atom is 0.329 e. The van der Waals surface area contributed by atoms with E-state index in [2.05, 4.69) is 26.1 Å². The molecule has 0 radical (unpaired) electrons. The molecule has 0 aliphatic heterocycles. The van der Waals surface area contributed by atoms with Gasteiger partial charge < -0.3 is 10.6 Å². The van der Waals surface area contributed by atoms with E-state index in [1.807, 2.05) is 19.1 Å². The van der Waals surface area contributed by atoms with Crippen LogP contribution in [0.3, 0.4) is 0 Å². The van der Waals surface area contributed by atoms with Crippen LogP contribution < -0.4 is 16.1 Å². The quantitative estimate of drug-likeness (QED) is 0.412. The number of aromatic nitrogens is 1. The molecular formula is C19H21N5O3. The second-order valence-electron chi connectivity index (χ2n) is 5.76. The predicted molar refractivity (Wildman–Crippen MR) is 103 cm³/mol. The first-order chi connectivity index (χ1) is 13.0. The van der Waals surface area contributed by atoms with Crippen LogP contribution in [0.2, 0.25) is 0 Å². The number of pyridine rings is 1. The maximum atomic E-state index is 11.9. The van der Waals surface area contributed by atoms with Crippen LogP contribution in [0, 0.1) is 0 Å². The summed E-state index contributed by atoms with van der Waals surface area (Å²) in [6.07, 6.45) is 3.97. The van der Waals surface area contributed by atoms with Crippen molar-refractivity contribution in [1.82, 2.24) is 10.4 Å². The van der Waals surface area contributed by atoms with Crippen LogP contribution in [0.4, 0.5) is 11.4 Å². The minimum absolute atomic E-state index is 0.0325. The zero-order valence-corrected chi connectivity index (χ0v) is 15.2. The van der Waals surface area contributed by atoms with Gasteiger partial charge in [-0.05, 0) is 43.2 Å². The summed E-state index contributed by atoms with van der Waals surface area (Å²) in [5, 5.41) is 8.91. The molecule has 0 bridgehead atoms. The molecule has 1 heterocycles. The fourth-order valence-corrected chi connectivity index (χ4v) is 2.12. The Labute approximate surface area is 157 Å². The van der Waals surface area contributed by atoms with Gasteiger partial charge in [-0.25, -0.2) is 5.43 Å². The monoisotopic (exact) mass is 367 g/mol. The summed E-state index contributed by atoms with van der Waals surface area (Å²) < 4.78 is 0. The SMILES string of the molecule is CCc1ccc(NC(=O)C(=O)N/N=C(\C)CC(=O)Nc2cccnc2)cc1. The third-order valence-corrected chi connectivity index (χ3v) is 3.54. The van der Waals surface area contributed by atoms with E-state index in [0.717, 1.165) is 12.0 Å². The molecule has 140 valence electrons. The Balaban J connectivity index is 1.81. The van der Waals surface area contributed by atoms with Crippen LogP contribution in [0.15, 0.2) is 53.9 Å². The molecule has 0 atom stereocenters. The molecule has 0 unspecified atom stereocenters. The summed E-state index contributed by atoms with van der Waals surface area (Å²) in [6.45, 7) is 3.60. The average molecular weight is 367 g/mol. The summed E-state index contributed by atoms with van der Waals surface area (Å²) >= 11 is 0. The first-order valence-corrected chi connectivity index (χ1v) is 8.41. The van der Waals surface area contributed by atoms with Crippen molar-refractivity contribution in [2.24, 2.45) is 5.10 Å². The summed E-state index contributed by atoms with van der Waals surface area (Å²) in [4.78, 5) is 39.5. The highest BCUT2D eigenvalue weighted by Crippen LogP contribution is 2.09. The van der Waals surface area contributed by atoms with Crippen molar-refractivity contribution in [2.75, 3.05) is 10.6 Å². The zero-order valence-electron chi connectivity index (χ0n) is 15.2. The summed E-state index contributed by atoms with van der Waals surface area (Å²) in [7, 11) is 0. The first-order valence-electron chi connectivity index (χ1n) is 8.41. The topological polar surface area (TPSA) is 113 Å². The number of hydrazone groups is 1. The van der Waals surface area contributed by atoms with Gasteiger partial charge >= 0.3 is 11.8 Å². The molecule has 3 amide bonds. The number of nitrogens with one attached hydrogen (secondary N) is 3. The third-order valence-electron chi connectivity index (χ3n) is 3.54. The van der Waals surface area contributed by atoms with Crippen molar-refractivity contribution >= 4 is 34.8 Å². The lowest BCUT2D eigenvalue weighted by atomic mass is 10.1. The zero-order chi connectivity index (χ0) is 19.6. The van der Waals surface area contributed by atoms with Crippen LogP contribution in [-0.4, -0.2) is 28.4 Å². The largest absolute Gasteiger partial charge is 0.329 e. The standard InChI is InChI=1S/C19H21N5O3/c1-3-14-6-8-15(9-7-14)22-18(26)19(27)24-23-13(2)11-17(25)21-16-5-4-10-20-12-16/h4-10,12H,3,11H2,1-2H3,(H,21,25)(H,22,26)(H,24,27)/b23-13+. The number of hydrogen-bond acceptors (Lipinski definition) is 5. The van der Waals surface area contributed by atoms with Crippen LogP contribution in [0.5, 0.6) is 0 Å². The fraction of sp³-hybridized carbons (Fsp3) is 0.211. The lowest BCUT2D eigenvalue weighted by molar-refractivity contribution is -0.136. The molecule has 0 fully saturated rings. The second kappa shape index (κ2) is 9.81.